The highest BCUT2D eigenvalue weighted by Gasteiger charge is 2.01. The smallest absolute Gasteiger partial charge is 0.0985 e. The first-order valence-electron chi connectivity index (χ1n) is 4.65. The van der Waals surface area contributed by atoms with Crippen molar-refractivity contribution in [1.82, 2.24) is 0 Å². The van der Waals surface area contributed by atoms with E-state index < -0.39 is 0 Å². The van der Waals surface area contributed by atoms with Crippen LogP contribution in [0, 0.1) is 0 Å². The first-order chi connectivity index (χ1) is 6.59. The number of rotatable bonds is 3. The molecule has 2 N–H and O–H groups in total. The summed E-state index contributed by atoms with van der Waals surface area (Å²) in [6.07, 6.45) is 0.708. The fourth-order valence-electron chi connectivity index (χ4n) is 1.21. The Morgan fingerprint density at radius 3 is 2.64 bits per heavy atom. The van der Waals surface area contributed by atoms with Crippen molar-refractivity contribution in [2.24, 2.45) is 10.7 Å². The van der Waals surface area contributed by atoms with Crippen molar-refractivity contribution in [1.29, 1.82) is 0 Å². The van der Waals surface area contributed by atoms with Gasteiger partial charge in [-0.1, -0.05) is 34.1 Å². The van der Waals surface area contributed by atoms with E-state index in [-0.39, 0.29) is 6.04 Å². The van der Waals surface area contributed by atoms with Gasteiger partial charge < -0.3 is 5.73 Å². The summed E-state index contributed by atoms with van der Waals surface area (Å²) in [6.45, 7) is 4.04. The Hall–Kier alpha value is -0.830. The van der Waals surface area contributed by atoms with Gasteiger partial charge in [0.1, 0.15) is 0 Å². The van der Waals surface area contributed by atoms with Gasteiger partial charge >= 0.3 is 0 Å². The van der Waals surface area contributed by atoms with E-state index in [1.165, 1.54) is 5.56 Å². The van der Waals surface area contributed by atoms with E-state index in [4.69, 9.17) is 5.73 Å². The first kappa shape index (κ1) is 11.2. The zero-order chi connectivity index (χ0) is 10.6. The molecule has 76 valence electrons. The molecule has 0 saturated carbocycles. The number of halogens is 1. The first-order valence-corrected chi connectivity index (χ1v) is 5.44. The molecule has 0 aliphatic rings. The predicted molar refractivity (Wildman–Crippen MR) is 64.6 cm³/mol. The fraction of sp³-hybridized carbons (Fsp3) is 0.364. The molecule has 0 aromatic heterocycles. The molecule has 0 unspecified atom stereocenters. The van der Waals surface area contributed by atoms with Crippen molar-refractivity contribution < 1.29 is 0 Å². The lowest BCUT2D eigenvalue weighted by Gasteiger charge is -2.05. The summed E-state index contributed by atoms with van der Waals surface area (Å²) in [4.78, 5) is 4.29. The van der Waals surface area contributed by atoms with Gasteiger partial charge in [-0.25, -0.2) is 0 Å². The van der Waals surface area contributed by atoms with Crippen LogP contribution in [0.4, 0.5) is 0 Å². The molecule has 0 aliphatic carbocycles. The Kier molecular flexibility index (Phi) is 4.14. The lowest BCUT2D eigenvalue weighted by Crippen LogP contribution is -2.17. The summed E-state index contributed by atoms with van der Waals surface area (Å²) in [5.74, 6) is 0.687. The van der Waals surface area contributed by atoms with Crippen LogP contribution in [0.15, 0.2) is 33.7 Å². The molecule has 0 heterocycles. The topological polar surface area (TPSA) is 38.4 Å². The highest BCUT2D eigenvalue weighted by Crippen LogP contribution is 2.16. The van der Waals surface area contributed by atoms with Gasteiger partial charge in [-0.2, -0.15) is 0 Å². The molecule has 0 amide bonds. The van der Waals surface area contributed by atoms with Crippen molar-refractivity contribution in [3.63, 3.8) is 0 Å². The maximum absolute atomic E-state index is 5.80. The zero-order valence-electron chi connectivity index (χ0n) is 8.50. The molecule has 1 rings (SSSR count). The monoisotopic (exact) mass is 254 g/mol. The molecular formula is C11H15BrN2. The van der Waals surface area contributed by atoms with Crippen molar-refractivity contribution in [3.8, 4) is 0 Å². The maximum atomic E-state index is 5.80. The SMILES string of the molecule is CC(C)N=C(N)Cc1ccccc1Br. The molecule has 14 heavy (non-hydrogen) atoms. The number of nitrogens with two attached hydrogens (primary N) is 1. The fourth-order valence-corrected chi connectivity index (χ4v) is 1.64. The van der Waals surface area contributed by atoms with Gasteiger partial charge in [0.25, 0.3) is 0 Å². The maximum Gasteiger partial charge on any atom is 0.0985 e. The minimum atomic E-state index is 0.262. The second kappa shape index (κ2) is 5.15. The Labute approximate surface area is 93.4 Å². The minimum absolute atomic E-state index is 0.262. The second-order valence-electron chi connectivity index (χ2n) is 3.48. The van der Waals surface area contributed by atoms with Crippen molar-refractivity contribution >= 4 is 21.8 Å². The number of aliphatic imine (C=N–C) groups is 1. The summed E-state index contributed by atoms with van der Waals surface area (Å²) in [6, 6.07) is 8.31. The van der Waals surface area contributed by atoms with Crippen LogP contribution in [0.25, 0.3) is 0 Å². The molecule has 0 aliphatic heterocycles. The van der Waals surface area contributed by atoms with E-state index in [0.29, 0.717) is 12.3 Å². The van der Waals surface area contributed by atoms with Crippen LogP contribution in [0.3, 0.4) is 0 Å². The van der Waals surface area contributed by atoms with E-state index in [1.807, 2.05) is 38.1 Å². The normalized spacial score (nSPS) is 12.1. The summed E-state index contributed by atoms with van der Waals surface area (Å²) < 4.78 is 1.09. The molecule has 0 radical (unpaired) electrons. The van der Waals surface area contributed by atoms with Gasteiger partial charge in [-0.05, 0) is 25.5 Å². The van der Waals surface area contributed by atoms with Gasteiger partial charge in [-0.15, -0.1) is 0 Å². The number of hydrogen-bond donors (Lipinski definition) is 1. The van der Waals surface area contributed by atoms with Crippen molar-refractivity contribution in [2.45, 2.75) is 26.3 Å². The second-order valence-corrected chi connectivity index (χ2v) is 4.34. The standard InChI is InChI=1S/C11H15BrN2/c1-8(2)14-11(13)7-9-5-3-4-6-10(9)12/h3-6,8H,7H2,1-2H3,(H2,13,14). The third-order valence-electron chi connectivity index (χ3n) is 1.75. The number of nitrogens with zero attached hydrogens (tertiary/aromatic N) is 1. The average Bonchev–Trinajstić information content (AvgIpc) is 2.07. The molecule has 1 aromatic carbocycles. The van der Waals surface area contributed by atoms with Crippen LogP contribution in [0.1, 0.15) is 19.4 Å². The van der Waals surface area contributed by atoms with E-state index in [9.17, 15) is 0 Å². The lowest BCUT2D eigenvalue weighted by molar-refractivity contribution is 0.829. The van der Waals surface area contributed by atoms with E-state index in [1.54, 1.807) is 0 Å². The van der Waals surface area contributed by atoms with Crippen molar-refractivity contribution in [3.05, 3.63) is 34.3 Å². The highest BCUT2D eigenvalue weighted by atomic mass is 79.9. The Morgan fingerprint density at radius 1 is 1.43 bits per heavy atom. The molecule has 0 bridgehead atoms. The Bertz CT molecular complexity index is 332. The Balaban J connectivity index is 2.74. The predicted octanol–water partition coefficient (Wildman–Crippen LogP) is 2.76. The van der Waals surface area contributed by atoms with Crippen LogP contribution in [0.2, 0.25) is 0 Å². The van der Waals surface area contributed by atoms with Gasteiger partial charge in [0, 0.05) is 16.9 Å². The lowest BCUT2D eigenvalue weighted by atomic mass is 10.1. The number of amidine groups is 1. The highest BCUT2D eigenvalue weighted by molar-refractivity contribution is 9.10. The molecule has 3 heteroatoms. The molecule has 0 saturated heterocycles. The van der Waals surface area contributed by atoms with Crippen molar-refractivity contribution in [2.75, 3.05) is 0 Å². The summed E-state index contributed by atoms with van der Waals surface area (Å²) >= 11 is 3.48. The van der Waals surface area contributed by atoms with Crippen LogP contribution in [-0.2, 0) is 6.42 Å². The molecule has 1 aromatic rings. The van der Waals surface area contributed by atoms with Gasteiger partial charge in [-0.3, -0.25) is 4.99 Å². The van der Waals surface area contributed by atoms with Crippen LogP contribution in [0.5, 0.6) is 0 Å². The molecule has 0 atom stereocenters. The van der Waals surface area contributed by atoms with E-state index in [2.05, 4.69) is 20.9 Å². The largest absolute Gasteiger partial charge is 0.387 e. The third kappa shape index (κ3) is 3.50. The summed E-state index contributed by atoms with van der Waals surface area (Å²) in [5, 5.41) is 0. The molecule has 0 fully saturated rings. The van der Waals surface area contributed by atoms with Gasteiger partial charge in [0.15, 0.2) is 0 Å². The summed E-state index contributed by atoms with van der Waals surface area (Å²) in [5.41, 5.74) is 6.98. The molecular weight excluding hydrogens is 240 g/mol. The van der Waals surface area contributed by atoms with Crippen LogP contribution < -0.4 is 5.73 Å². The Morgan fingerprint density at radius 2 is 2.07 bits per heavy atom. The van der Waals surface area contributed by atoms with Gasteiger partial charge in [0.05, 0.1) is 5.84 Å². The minimum Gasteiger partial charge on any atom is -0.387 e. The van der Waals surface area contributed by atoms with Crippen LogP contribution >= 0.6 is 15.9 Å². The zero-order valence-corrected chi connectivity index (χ0v) is 10.1. The molecule has 0 spiro atoms. The summed E-state index contributed by atoms with van der Waals surface area (Å²) in [7, 11) is 0. The third-order valence-corrected chi connectivity index (χ3v) is 2.53. The number of hydrogen-bond acceptors (Lipinski definition) is 1. The van der Waals surface area contributed by atoms with Gasteiger partial charge in [0.2, 0.25) is 0 Å². The molecule has 2 nitrogen and oxygen atoms in total. The van der Waals surface area contributed by atoms with E-state index in [0.717, 1.165) is 4.47 Å². The van der Waals surface area contributed by atoms with E-state index >= 15 is 0 Å². The quantitative estimate of drug-likeness (QED) is 0.654. The average molecular weight is 255 g/mol. The van der Waals surface area contributed by atoms with Crippen LogP contribution in [-0.4, -0.2) is 11.9 Å². The number of benzene rings is 1.